The summed E-state index contributed by atoms with van der Waals surface area (Å²) >= 11 is 6.03. The van der Waals surface area contributed by atoms with Gasteiger partial charge in [-0.1, -0.05) is 30.7 Å². The first-order chi connectivity index (χ1) is 10.1. The molecule has 0 fully saturated rings. The van der Waals surface area contributed by atoms with Crippen molar-refractivity contribution in [3.63, 3.8) is 0 Å². The third kappa shape index (κ3) is 4.45. The topological polar surface area (TPSA) is 28.2 Å². The van der Waals surface area contributed by atoms with Crippen molar-refractivity contribution in [1.29, 1.82) is 0 Å². The molecule has 0 radical (unpaired) electrons. The zero-order valence-electron chi connectivity index (χ0n) is 12.8. The Morgan fingerprint density at radius 1 is 1.29 bits per heavy atom. The monoisotopic (exact) mass is 303 g/mol. The van der Waals surface area contributed by atoms with Gasteiger partial charge < -0.3 is 10.2 Å². The Morgan fingerprint density at radius 3 is 2.81 bits per heavy atom. The molecular formula is C17H22ClN3. The molecule has 1 N–H and O–H groups in total. The normalized spacial score (nSPS) is 12.2. The highest BCUT2D eigenvalue weighted by Crippen LogP contribution is 2.19. The first-order valence-electron chi connectivity index (χ1n) is 7.25. The molecule has 0 aliphatic heterocycles. The first kappa shape index (κ1) is 15.8. The van der Waals surface area contributed by atoms with Crippen LogP contribution in [0.3, 0.4) is 0 Å². The van der Waals surface area contributed by atoms with Gasteiger partial charge in [0.05, 0.1) is 0 Å². The lowest BCUT2D eigenvalue weighted by Crippen LogP contribution is -2.20. The van der Waals surface area contributed by atoms with E-state index in [1.54, 1.807) is 0 Å². The lowest BCUT2D eigenvalue weighted by atomic mass is 10.1. The van der Waals surface area contributed by atoms with Crippen molar-refractivity contribution >= 4 is 17.4 Å². The predicted molar refractivity (Wildman–Crippen MR) is 89.9 cm³/mol. The van der Waals surface area contributed by atoms with Crippen LogP contribution in [-0.2, 0) is 6.54 Å². The Morgan fingerprint density at radius 2 is 2.10 bits per heavy atom. The van der Waals surface area contributed by atoms with Crippen molar-refractivity contribution in [2.24, 2.45) is 0 Å². The largest absolute Gasteiger partial charge is 0.355 e. The summed E-state index contributed by atoms with van der Waals surface area (Å²) in [6.45, 7) is 6.02. The van der Waals surface area contributed by atoms with E-state index in [2.05, 4.69) is 47.2 Å². The molecule has 3 nitrogen and oxygen atoms in total. The summed E-state index contributed by atoms with van der Waals surface area (Å²) in [5, 5.41) is 4.19. The van der Waals surface area contributed by atoms with Gasteiger partial charge >= 0.3 is 0 Å². The standard InChI is InChI=1S/C17H22ClN3/c1-4-19-13(2)15-8-9-20-17(11-15)21(3)12-14-6-5-7-16(18)10-14/h5-11,13,19H,4,12H2,1-3H3. The number of anilines is 1. The van der Waals surface area contributed by atoms with E-state index >= 15 is 0 Å². The Bertz CT molecular complexity index is 586. The Balaban J connectivity index is 2.12. The van der Waals surface area contributed by atoms with E-state index in [0.29, 0.717) is 6.04 Å². The van der Waals surface area contributed by atoms with Crippen molar-refractivity contribution in [3.05, 3.63) is 58.7 Å². The van der Waals surface area contributed by atoms with Gasteiger partial charge in [-0.05, 0) is 48.9 Å². The van der Waals surface area contributed by atoms with Crippen LogP contribution in [0.2, 0.25) is 5.02 Å². The zero-order valence-corrected chi connectivity index (χ0v) is 13.6. The maximum absolute atomic E-state index is 6.03. The number of hydrogen-bond acceptors (Lipinski definition) is 3. The molecule has 2 rings (SSSR count). The van der Waals surface area contributed by atoms with E-state index in [-0.39, 0.29) is 0 Å². The fraction of sp³-hybridized carbons (Fsp3) is 0.353. The third-order valence-electron chi connectivity index (χ3n) is 3.48. The van der Waals surface area contributed by atoms with E-state index in [1.165, 1.54) is 11.1 Å². The number of nitrogens with one attached hydrogen (secondary N) is 1. The molecular weight excluding hydrogens is 282 g/mol. The smallest absolute Gasteiger partial charge is 0.128 e. The maximum atomic E-state index is 6.03. The number of pyridine rings is 1. The van der Waals surface area contributed by atoms with Crippen molar-refractivity contribution < 1.29 is 0 Å². The molecule has 1 atom stereocenters. The zero-order chi connectivity index (χ0) is 15.2. The molecule has 0 bridgehead atoms. The lowest BCUT2D eigenvalue weighted by molar-refractivity contribution is 0.597. The average molecular weight is 304 g/mol. The fourth-order valence-corrected chi connectivity index (χ4v) is 2.54. The van der Waals surface area contributed by atoms with Crippen LogP contribution in [0.15, 0.2) is 42.6 Å². The predicted octanol–water partition coefficient (Wildman–Crippen LogP) is 4.04. The van der Waals surface area contributed by atoms with Crippen LogP contribution in [0.5, 0.6) is 0 Å². The summed E-state index contributed by atoms with van der Waals surface area (Å²) in [5.41, 5.74) is 2.43. The third-order valence-corrected chi connectivity index (χ3v) is 3.71. The molecule has 0 aliphatic rings. The SMILES string of the molecule is CCNC(C)c1ccnc(N(C)Cc2cccc(Cl)c2)c1. The Hall–Kier alpha value is -1.58. The summed E-state index contributed by atoms with van der Waals surface area (Å²) in [6.07, 6.45) is 1.87. The molecule has 112 valence electrons. The van der Waals surface area contributed by atoms with Crippen LogP contribution < -0.4 is 10.2 Å². The Labute approximate surface area is 132 Å². The van der Waals surface area contributed by atoms with Gasteiger partial charge in [-0.3, -0.25) is 0 Å². The molecule has 1 aromatic carbocycles. The molecule has 2 aromatic rings. The van der Waals surface area contributed by atoms with Crippen molar-refractivity contribution in [2.75, 3.05) is 18.5 Å². The molecule has 0 amide bonds. The highest BCUT2D eigenvalue weighted by atomic mass is 35.5. The molecule has 0 saturated heterocycles. The van der Waals surface area contributed by atoms with Crippen molar-refractivity contribution in [1.82, 2.24) is 10.3 Å². The summed E-state index contributed by atoms with van der Waals surface area (Å²) < 4.78 is 0. The second-order valence-corrected chi connectivity index (χ2v) is 5.65. The summed E-state index contributed by atoms with van der Waals surface area (Å²) in [5.74, 6) is 0.970. The molecule has 0 saturated carbocycles. The van der Waals surface area contributed by atoms with Crippen LogP contribution in [-0.4, -0.2) is 18.6 Å². The van der Waals surface area contributed by atoms with Gasteiger partial charge in [-0.25, -0.2) is 4.98 Å². The maximum Gasteiger partial charge on any atom is 0.128 e. The summed E-state index contributed by atoms with van der Waals surface area (Å²) in [4.78, 5) is 6.60. The highest BCUT2D eigenvalue weighted by molar-refractivity contribution is 6.30. The van der Waals surface area contributed by atoms with Crippen LogP contribution in [0.4, 0.5) is 5.82 Å². The van der Waals surface area contributed by atoms with Gasteiger partial charge in [0.15, 0.2) is 0 Å². The van der Waals surface area contributed by atoms with Crippen LogP contribution >= 0.6 is 11.6 Å². The van der Waals surface area contributed by atoms with E-state index < -0.39 is 0 Å². The van der Waals surface area contributed by atoms with Gasteiger partial charge in [0.25, 0.3) is 0 Å². The summed E-state index contributed by atoms with van der Waals surface area (Å²) in [6, 6.07) is 12.5. The number of hydrogen-bond donors (Lipinski definition) is 1. The van der Waals surface area contributed by atoms with Gasteiger partial charge in [0, 0.05) is 30.9 Å². The average Bonchev–Trinajstić information content (AvgIpc) is 2.47. The van der Waals surface area contributed by atoms with Gasteiger partial charge in [0.2, 0.25) is 0 Å². The molecule has 1 unspecified atom stereocenters. The minimum atomic E-state index is 0.330. The van der Waals surface area contributed by atoms with Gasteiger partial charge in [-0.2, -0.15) is 0 Å². The second kappa shape index (κ2) is 7.43. The molecule has 21 heavy (non-hydrogen) atoms. The minimum Gasteiger partial charge on any atom is -0.355 e. The molecule has 1 heterocycles. The van der Waals surface area contributed by atoms with Crippen LogP contribution in [0, 0.1) is 0 Å². The fourth-order valence-electron chi connectivity index (χ4n) is 2.33. The quantitative estimate of drug-likeness (QED) is 0.873. The van der Waals surface area contributed by atoms with Crippen molar-refractivity contribution in [3.8, 4) is 0 Å². The lowest BCUT2D eigenvalue weighted by Gasteiger charge is -2.20. The highest BCUT2D eigenvalue weighted by Gasteiger charge is 2.08. The van der Waals surface area contributed by atoms with Crippen LogP contribution in [0.25, 0.3) is 0 Å². The summed E-state index contributed by atoms with van der Waals surface area (Å²) in [7, 11) is 2.05. The Kier molecular flexibility index (Phi) is 5.59. The van der Waals surface area contributed by atoms with E-state index in [4.69, 9.17) is 11.6 Å². The first-order valence-corrected chi connectivity index (χ1v) is 7.63. The molecule has 0 spiro atoms. The van der Waals surface area contributed by atoms with Gasteiger partial charge in [-0.15, -0.1) is 0 Å². The number of aromatic nitrogens is 1. The van der Waals surface area contributed by atoms with Gasteiger partial charge in [0.1, 0.15) is 5.82 Å². The molecule has 1 aromatic heterocycles. The number of nitrogens with zero attached hydrogens (tertiary/aromatic N) is 2. The molecule has 4 heteroatoms. The van der Waals surface area contributed by atoms with Crippen LogP contribution in [0.1, 0.15) is 31.0 Å². The number of benzene rings is 1. The second-order valence-electron chi connectivity index (χ2n) is 5.21. The number of rotatable bonds is 6. The van der Waals surface area contributed by atoms with E-state index in [1.807, 2.05) is 31.4 Å². The van der Waals surface area contributed by atoms with Crippen molar-refractivity contribution in [2.45, 2.75) is 26.4 Å². The van der Waals surface area contributed by atoms with E-state index in [0.717, 1.165) is 23.9 Å². The number of halogens is 1. The molecule has 0 aliphatic carbocycles. The minimum absolute atomic E-state index is 0.330. The van der Waals surface area contributed by atoms with E-state index in [9.17, 15) is 0 Å².